The molecule has 7 nitrogen and oxygen atoms in total. The Morgan fingerprint density at radius 2 is 1.53 bits per heavy atom. The first kappa shape index (κ1) is 28.3. The maximum Gasteiger partial charge on any atom is 0.416 e. The minimum absolute atomic E-state index is 0.00204. The summed E-state index contributed by atoms with van der Waals surface area (Å²) in [7, 11) is 0. The maximum absolute atomic E-state index is 13.5. The van der Waals surface area contributed by atoms with Crippen molar-refractivity contribution >= 4 is 17.6 Å². The van der Waals surface area contributed by atoms with E-state index in [-0.39, 0.29) is 28.4 Å². The fourth-order valence-corrected chi connectivity index (χ4v) is 4.20. The van der Waals surface area contributed by atoms with Gasteiger partial charge in [0.1, 0.15) is 5.82 Å². The van der Waals surface area contributed by atoms with Crippen molar-refractivity contribution in [2.75, 3.05) is 4.90 Å². The van der Waals surface area contributed by atoms with Crippen molar-refractivity contribution in [3.8, 4) is 6.07 Å². The lowest BCUT2D eigenvalue weighted by Crippen LogP contribution is -2.40. The van der Waals surface area contributed by atoms with Crippen molar-refractivity contribution in [3.05, 3.63) is 87.9 Å². The fraction of sp³-hybridized carbons (Fsp3) is 0.321. The molecule has 1 aliphatic heterocycles. The van der Waals surface area contributed by atoms with Crippen LogP contribution in [0.2, 0.25) is 0 Å². The molecule has 1 atom stereocenters. The number of carbonyl (C=O) groups is 2. The third-order valence-electron chi connectivity index (χ3n) is 5.75. The molecule has 0 saturated heterocycles. The van der Waals surface area contributed by atoms with Crippen LogP contribution in [0.1, 0.15) is 57.2 Å². The lowest BCUT2D eigenvalue weighted by molar-refractivity contribution is -0.144. The number of rotatable bonds is 6. The zero-order valence-electron chi connectivity index (χ0n) is 21.6. The quantitative estimate of drug-likeness (QED) is 0.493. The number of hydrogen-bond donors (Lipinski definition) is 1. The minimum atomic E-state index is -4.63. The van der Waals surface area contributed by atoms with Crippen LogP contribution < -0.4 is 10.6 Å². The van der Waals surface area contributed by atoms with E-state index in [0.717, 1.165) is 12.1 Å². The molecule has 0 bridgehead atoms. The van der Waals surface area contributed by atoms with E-state index in [1.54, 1.807) is 39.8 Å². The Labute approximate surface area is 218 Å². The fourth-order valence-electron chi connectivity index (χ4n) is 4.20. The Kier molecular flexibility index (Phi) is 8.20. The highest BCUT2D eigenvalue weighted by molar-refractivity contribution is 6.01. The van der Waals surface area contributed by atoms with Crippen LogP contribution in [-0.4, -0.2) is 24.1 Å². The van der Waals surface area contributed by atoms with Crippen LogP contribution in [0.15, 0.2) is 71.2 Å². The molecule has 0 aliphatic carbocycles. The number of hydrogen-bond acceptors (Lipinski definition) is 7. The Morgan fingerprint density at radius 1 is 0.974 bits per heavy atom. The molecular weight excluding hydrogens is 499 g/mol. The number of nitriles is 1. The molecule has 0 radical (unpaired) electrons. The van der Waals surface area contributed by atoms with Crippen LogP contribution in [0.3, 0.4) is 0 Å². The Hall–Kier alpha value is -4.26. The predicted octanol–water partition coefficient (Wildman–Crippen LogP) is 5.53. The zero-order valence-corrected chi connectivity index (χ0v) is 21.6. The van der Waals surface area contributed by atoms with Gasteiger partial charge in [-0.3, -0.25) is 0 Å². The van der Waals surface area contributed by atoms with Crippen molar-refractivity contribution in [2.24, 2.45) is 5.73 Å². The van der Waals surface area contributed by atoms with E-state index in [1.807, 2.05) is 6.07 Å². The number of carbonyl (C=O) groups excluding carboxylic acids is 2. The first-order valence-electron chi connectivity index (χ1n) is 11.9. The SMILES string of the molecule is CC1=C(C(=O)OC(C)C)C(c2ccc(C#N)cc2)C(C(=O)OC(C)C)=C(N)N1c1cccc(C(F)(F)F)c1. The maximum atomic E-state index is 13.5. The number of halogens is 3. The van der Waals surface area contributed by atoms with Crippen LogP contribution in [-0.2, 0) is 25.2 Å². The van der Waals surface area contributed by atoms with E-state index < -0.39 is 41.8 Å². The van der Waals surface area contributed by atoms with Crippen molar-refractivity contribution in [1.29, 1.82) is 5.26 Å². The second-order valence-electron chi connectivity index (χ2n) is 9.26. The lowest BCUT2D eigenvalue weighted by Gasteiger charge is -2.37. The van der Waals surface area contributed by atoms with Crippen LogP contribution in [0.5, 0.6) is 0 Å². The summed E-state index contributed by atoms with van der Waals surface area (Å²) < 4.78 is 51.5. The van der Waals surface area contributed by atoms with Crippen LogP contribution in [0.25, 0.3) is 0 Å². The van der Waals surface area contributed by atoms with Gasteiger partial charge in [0.25, 0.3) is 0 Å². The second-order valence-corrected chi connectivity index (χ2v) is 9.26. The van der Waals surface area contributed by atoms with Gasteiger partial charge in [-0.15, -0.1) is 0 Å². The van der Waals surface area contributed by atoms with Gasteiger partial charge in [0.15, 0.2) is 0 Å². The topological polar surface area (TPSA) is 106 Å². The van der Waals surface area contributed by atoms with Crippen LogP contribution >= 0.6 is 0 Å². The van der Waals surface area contributed by atoms with E-state index in [4.69, 9.17) is 15.2 Å². The zero-order chi connectivity index (χ0) is 28.4. The molecule has 2 N–H and O–H groups in total. The number of allylic oxidation sites excluding steroid dienone is 1. The van der Waals surface area contributed by atoms with E-state index in [2.05, 4.69) is 0 Å². The number of alkyl halides is 3. The third-order valence-corrected chi connectivity index (χ3v) is 5.75. The van der Waals surface area contributed by atoms with Crippen LogP contribution in [0.4, 0.5) is 18.9 Å². The van der Waals surface area contributed by atoms with Gasteiger partial charge < -0.3 is 20.1 Å². The number of benzene rings is 2. The van der Waals surface area contributed by atoms with E-state index in [9.17, 15) is 28.0 Å². The van der Waals surface area contributed by atoms with Gasteiger partial charge in [-0.2, -0.15) is 18.4 Å². The van der Waals surface area contributed by atoms with E-state index in [1.165, 1.54) is 36.1 Å². The molecule has 0 spiro atoms. The average molecular weight is 528 g/mol. The molecule has 0 saturated carbocycles. The molecule has 38 heavy (non-hydrogen) atoms. The molecule has 1 aliphatic rings. The highest BCUT2D eigenvalue weighted by atomic mass is 19.4. The number of ether oxygens (including phenoxy) is 2. The van der Waals surface area contributed by atoms with Crippen molar-refractivity contribution in [2.45, 2.75) is 58.9 Å². The highest BCUT2D eigenvalue weighted by Gasteiger charge is 2.42. The predicted molar refractivity (Wildman–Crippen MR) is 134 cm³/mol. The standard InChI is InChI=1S/C28H28F3N3O4/c1-15(2)37-26(35)22-17(5)34(21-8-6-7-20(13-21)28(29,30)31)25(33)24(27(36)38-16(3)4)23(22)19-11-9-18(14-32)10-12-19/h6-13,15-16,23H,33H2,1-5H3. The summed E-state index contributed by atoms with van der Waals surface area (Å²) in [5, 5.41) is 9.22. The summed E-state index contributed by atoms with van der Waals surface area (Å²) >= 11 is 0. The normalized spacial score (nSPS) is 16.1. The third kappa shape index (κ3) is 5.83. The molecule has 1 unspecified atom stereocenters. The summed E-state index contributed by atoms with van der Waals surface area (Å²) in [6, 6.07) is 12.6. The molecule has 0 fully saturated rings. The first-order chi connectivity index (χ1) is 17.8. The molecule has 1 heterocycles. The first-order valence-corrected chi connectivity index (χ1v) is 11.9. The van der Waals surface area contributed by atoms with Crippen LogP contribution in [0, 0.1) is 11.3 Å². The monoisotopic (exact) mass is 527 g/mol. The summed E-state index contributed by atoms with van der Waals surface area (Å²) in [6.07, 6.45) is -5.71. The van der Waals surface area contributed by atoms with E-state index in [0.29, 0.717) is 11.1 Å². The molecular formula is C28H28F3N3O4. The molecule has 2 aromatic rings. The largest absolute Gasteiger partial charge is 0.460 e. The molecule has 0 amide bonds. The highest BCUT2D eigenvalue weighted by Crippen LogP contribution is 2.44. The van der Waals surface area contributed by atoms with Crippen molar-refractivity contribution < 1.29 is 32.2 Å². The summed E-state index contributed by atoms with van der Waals surface area (Å²) in [4.78, 5) is 28.1. The van der Waals surface area contributed by atoms with Gasteiger partial charge in [0.05, 0.1) is 46.5 Å². The van der Waals surface area contributed by atoms with E-state index >= 15 is 0 Å². The van der Waals surface area contributed by atoms with Crippen molar-refractivity contribution in [3.63, 3.8) is 0 Å². The van der Waals surface area contributed by atoms with Gasteiger partial charge >= 0.3 is 18.1 Å². The Morgan fingerprint density at radius 3 is 2.03 bits per heavy atom. The average Bonchev–Trinajstić information content (AvgIpc) is 2.82. The Balaban J connectivity index is 2.36. The number of esters is 2. The van der Waals surface area contributed by atoms with Gasteiger partial charge in [-0.1, -0.05) is 18.2 Å². The number of nitrogens with two attached hydrogens (primary N) is 1. The smallest absolute Gasteiger partial charge is 0.416 e. The summed E-state index contributed by atoms with van der Waals surface area (Å²) in [5.74, 6) is -2.87. The van der Waals surface area contributed by atoms with Gasteiger partial charge in [0.2, 0.25) is 0 Å². The van der Waals surface area contributed by atoms with Gasteiger partial charge in [-0.25, -0.2) is 9.59 Å². The summed E-state index contributed by atoms with van der Waals surface area (Å²) in [5.41, 5.74) is 6.43. The molecule has 3 rings (SSSR count). The molecule has 200 valence electrons. The molecule has 2 aromatic carbocycles. The summed E-state index contributed by atoms with van der Waals surface area (Å²) in [6.45, 7) is 8.08. The number of anilines is 1. The molecule has 0 aromatic heterocycles. The minimum Gasteiger partial charge on any atom is -0.460 e. The number of nitrogens with zero attached hydrogens (tertiary/aromatic N) is 2. The van der Waals surface area contributed by atoms with Crippen molar-refractivity contribution in [1.82, 2.24) is 0 Å². The van der Waals surface area contributed by atoms with Gasteiger partial charge in [0, 0.05) is 11.4 Å². The Bertz CT molecular complexity index is 1290. The van der Waals surface area contributed by atoms with Gasteiger partial charge in [-0.05, 0) is 70.5 Å². The lowest BCUT2D eigenvalue weighted by atomic mass is 9.80. The second kappa shape index (κ2) is 11.0. The molecule has 10 heteroatoms.